The predicted octanol–water partition coefficient (Wildman–Crippen LogP) is 5.10. The maximum atomic E-state index is 14.8. The highest BCUT2D eigenvalue weighted by Gasteiger charge is 2.46. The van der Waals surface area contributed by atoms with Crippen LogP contribution in [0.1, 0.15) is 45.5 Å². The van der Waals surface area contributed by atoms with Crippen molar-refractivity contribution in [3.63, 3.8) is 0 Å². The molecular formula is C28H30F4N4O5S. The quantitative estimate of drug-likeness (QED) is 0.305. The number of aliphatic hydroxyl groups is 1. The Morgan fingerprint density at radius 1 is 1.17 bits per heavy atom. The van der Waals surface area contributed by atoms with Gasteiger partial charge in [-0.25, -0.2) is 17.2 Å². The first-order valence-electron chi connectivity index (χ1n) is 14.6. The third-order valence-electron chi connectivity index (χ3n) is 7.52. The highest BCUT2D eigenvalue weighted by atomic mass is 32.2. The molecule has 14 heteroatoms. The Balaban J connectivity index is 1.51. The topological polar surface area (TPSA) is 113 Å². The number of nitrogens with one attached hydrogen (secondary N) is 2. The molecule has 3 heterocycles. The van der Waals surface area contributed by atoms with Gasteiger partial charge in [-0.2, -0.15) is 8.78 Å². The van der Waals surface area contributed by atoms with Gasteiger partial charge >= 0.3 is 0 Å². The maximum absolute atomic E-state index is 14.8. The monoisotopic (exact) mass is 613 g/mol. The van der Waals surface area contributed by atoms with Gasteiger partial charge in [-0.05, 0) is 54.8 Å². The van der Waals surface area contributed by atoms with Gasteiger partial charge in [-0.15, -0.1) is 0 Å². The lowest BCUT2D eigenvalue weighted by Crippen LogP contribution is -2.35. The van der Waals surface area contributed by atoms with E-state index in [-0.39, 0.29) is 66.4 Å². The van der Waals surface area contributed by atoms with E-state index >= 15 is 0 Å². The zero-order valence-electron chi connectivity index (χ0n) is 25.2. The number of aliphatic hydroxyl groups excluding tert-OH is 1. The second-order valence-corrected chi connectivity index (χ2v) is 12.0. The summed E-state index contributed by atoms with van der Waals surface area (Å²) in [6.07, 6.45) is -4.40. The molecule has 226 valence electrons. The molecule has 0 aliphatic carbocycles. The molecule has 2 aliphatic heterocycles. The van der Waals surface area contributed by atoms with Crippen molar-refractivity contribution in [3.05, 3.63) is 65.4 Å². The number of methoxy groups -OCH3 is 1. The number of hydrogen-bond acceptors (Lipinski definition) is 6. The van der Waals surface area contributed by atoms with Gasteiger partial charge in [-0.1, -0.05) is 6.07 Å². The van der Waals surface area contributed by atoms with Crippen molar-refractivity contribution < 1.29 is 44.7 Å². The van der Waals surface area contributed by atoms with Crippen molar-refractivity contribution in [1.29, 1.82) is 0 Å². The fourth-order valence-electron chi connectivity index (χ4n) is 5.43. The maximum Gasteiger partial charge on any atom is 0.280 e. The molecule has 1 fully saturated rings. The average molecular weight is 614 g/mol. The number of piperidine rings is 1. The number of sulfonamides is 1. The van der Waals surface area contributed by atoms with Crippen molar-refractivity contribution in [2.45, 2.75) is 37.8 Å². The van der Waals surface area contributed by atoms with Crippen LogP contribution in [0.3, 0.4) is 0 Å². The van der Waals surface area contributed by atoms with Crippen LogP contribution in [0.25, 0.3) is 10.9 Å². The summed E-state index contributed by atoms with van der Waals surface area (Å²) in [5.74, 6) is -4.66. The smallest absolute Gasteiger partial charge is 0.280 e. The zero-order chi connectivity index (χ0) is 32.7. The highest BCUT2D eigenvalue weighted by Crippen LogP contribution is 2.44. The second-order valence-electron chi connectivity index (χ2n) is 10.1. The summed E-state index contributed by atoms with van der Waals surface area (Å²) in [6.45, 7) is -0.484. The summed E-state index contributed by atoms with van der Waals surface area (Å²) in [7, 11) is -6.99. The summed E-state index contributed by atoms with van der Waals surface area (Å²) in [5.41, 5.74) is 1.08. The summed E-state index contributed by atoms with van der Waals surface area (Å²) in [4.78, 5) is 15.4. The number of alkyl halides is 2. The lowest BCUT2D eigenvalue weighted by molar-refractivity contribution is -0.145. The van der Waals surface area contributed by atoms with E-state index in [0.717, 1.165) is 0 Å². The van der Waals surface area contributed by atoms with E-state index in [4.69, 9.17) is 14.0 Å². The Hall–Kier alpha value is -3.62. The number of carbonyl (C=O) groups excluding carboxylic acids is 1. The molecule has 5 rings (SSSR count). The summed E-state index contributed by atoms with van der Waals surface area (Å²) in [5, 5.41) is 12.2. The summed E-state index contributed by atoms with van der Waals surface area (Å²) >= 11 is 0. The number of fused-ring (bicyclic) bond motifs is 3. The van der Waals surface area contributed by atoms with Crippen molar-refractivity contribution in [2.75, 3.05) is 47.4 Å². The summed E-state index contributed by atoms with van der Waals surface area (Å²) < 4.78 is 111. The molecule has 2 aromatic carbocycles. The highest BCUT2D eigenvalue weighted by molar-refractivity contribution is 7.92. The molecule has 3 N–H and O–H groups in total. The second kappa shape index (κ2) is 11.6. The molecule has 2 aliphatic rings. The van der Waals surface area contributed by atoms with Crippen LogP contribution >= 0.6 is 0 Å². The third kappa shape index (κ3) is 5.83. The Kier molecular flexibility index (Phi) is 7.18. The fourth-order valence-corrected chi connectivity index (χ4v) is 6.26. The number of anilines is 3. The van der Waals surface area contributed by atoms with Crippen molar-refractivity contribution in [3.8, 4) is 0 Å². The van der Waals surface area contributed by atoms with Gasteiger partial charge in [0.15, 0.2) is 6.10 Å². The SMILES string of the molecule is [2H]C([2H])([2H])OC1c2cc3c(NC(=O)c4ccc(NS(=O)(=O)CCO)cc4N4CCC(=C(F)F)CC4)cccc3n2CCC1(F)F. The summed E-state index contributed by atoms with van der Waals surface area (Å²) in [6, 6.07) is 10.3. The van der Waals surface area contributed by atoms with Gasteiger partial charge in [0.05, 0.1) is 50.3 Å². The first-order chi connectivity index (χ1) is 21.1. The minimum absolute atomic E-state index is 0.00670. The molecule has 9 nitrogen and oxygen atoms in total. The van der Waals surface area contributed by atoms with Crippen LogP contribution in [0.5, 0.6) is 0 Å². The number of benzene rings is 2. The minimum atomic E-state index is -3.91. The largest absolute Gasteiger partial charge is 0.395 e. The molecule has 1 aromatic heterocycles. The lowest BCUT2D eigenvalue weighted by atomic mass is 10.0. The third-order valence-corrected chi connectivity index (χ3v) is 8.78. The molecule has 1 saturated heterocycles. The Bertz CT molecular complexity index is 1750. The van der Waals surface area contributed by atoms with E-state index in [1.165, 1.54) is 28.8 Å². The first kappa shape index (κ1) is 26.0. The number of aryl methyl sites for hydroxylation is 1. The Morgan fingerprint density at radius 3 is 2.62 bits per heavy atom. The Morgan fingerprint density at radius 2 is 1.93 bits per heavy atom. The van der Waals surface area contributed by atoms with E-state index in [9.17, 15) is 30.8 Å². The number of hydrogen-bond donors (Lipinski definition) is 3. The van der Waals surface area contributed by atoms with Crippen LogP contribution in [0.15, 0.2) is 54.1 Å². The van der Waals surface area contributed by atoms with E-state index < -0.39 is 59.9 Å². The average Bonchev–Trinajstić information content (AvgIpc) is 3.33. The molecule has 0 spiro atoms. The zero-order valence-corrected chi connectivity index (χ0v) is 23.0. The molecular weight excluding hydrogens is 580 g/mol. The number of carbonyl (C=O) groups is 1. The van der Waals surface area contributed by atoms with Crippen LogP contribution in [0.2, 0.25) is 0 Å². The predicted molar refractivity (Wildman–Crippen MR) is 151 cm³/mol. The number of halogens is 4. The van der Waals surface area contributed by atoms with E-state index in [0.29, 0.717) is 10.9 Å². The van der Waals surface area contributed by atoms with Crippen LogP contribution in [0, 0.1) is 0 Å². The van der Waals surface area contributed by atoms with Gasteiger partial charge in [0.2, 0.25) is 10.0 Å². The standard InChI is InChI=1S/C28H30F4N4O5S/c1-41-25-24-16-20-21(3-2-4-22(20)36(24)12-9-28(25,31)32)33-27(38)19-6-5-18(34-42(39,40)14-13-37)15-23(19)35-10-7-17(8-11-35)26(29)30/h2-6,15-16,25,34,37H,7-14H2,1H3,(H,33,38)/i1D3. The number of amides is 1. The van der Waals surface area contributed by atoms with Crippen LogP contribution < -0.4 is 14.9 Å². The molecule has 1 atom stereocenters. The van der Waals surface area contributed by atoms with Crippen molar-refractivity contribution in [2.24, 2.45) is 0 Å². The number of aromatic nitrogens is 1. The van der Waals surface area contributed by atoms with Gasteiger partial charge in [0.1, 0.15) is 0 Å². The van der Waals surface area contributed by atoms with E-state index in [1.807, 2.05) is 0 Å². The lowest BCUT2D eigenvalue weighted by Gasteiger charge is -2.32. The molecule has 1 amide bonds. The van der Waals surface area contributed by atoms with E-state index in [2.05, 4.69) is 10.0 Å². The number of ether oxygens (including phenoxy) is 1. The Labute approximate surface area is 244 Å². The van der Waals surface area contributed by atoms with Crippen molar-refractivity contribution >= 4 is 43.9 Å². The van der Waals surface area contributed by atoms with Gasteiger partial charge < -0.3 is 24.6 Å². The molecule has 42 heavy (non-hydrogen) atoms. The molecule has 0 radical (unpaired) electrons. The minimum Gasteiger partial charge on any atom is -0.395 e. The van der Waals surface area contributed by atoms with Crippen LogP contribution in [0.4, 0.5) is 34.6 Å². The molecule has 0 bridgehead atoms. The molecule has 3 aromatic rings. The number of rotatable bonds is 8. The number of nitrogens with zero attached hydrogens (tertiary/aromatic N) is 2. The first-order valence-corrected chi connectivity index (χ1v) is 14.8. The van der Waals surface area contributed by atoms with Gasteiger partial charge in [0.25, 0.3) is 17.9 Å². The van der Waals surface area contributed by atoms with Crippen LogP contribution in [-0.2, 0) is 21.3 Å². The van der Waals surface area contributed by atoms with Gasteiger partial charge in [0, 0.05) is 38.5 Å². The van der Waals surface area contributed by atoms with Crippen molar-refractivity contribution in [1.82, 2.24) is 4.57 Å². The fraction of sp³-hybridized carbons (Fsp3) is 0.393. The normalized spacial score (nSPS) is 19.9. The molecule has 1 unspecified atom stereocenters. The van der Waals surface area contributed by atoms with E-state index in [1.54, 1.807) is 23.1 Å². The van der Waals surface area contributed by atoms with Crippen LogP contribution in [-0.4, -0.2) is 62.4 Å². The van der Waals surface area contributed by atoms with Gasteiger partial charge in [-0.3, -0.25) is 9.52 Å². The molecule has 0 saturated carbocycles.